The van der Waals surface area contributed by atoms with Crippen LogP contribution in [0.2, 0.25) is 0 Å². The number of esters is 4. The van der Waals surface area contributed by atoms with Crippen molar-refractivity contribution in [2.45, 2.75) is 58.3 Å². The van der Waals surface area contributed by atoms with Gasteiger partial charge in [-0.25, -0.2) is 0 Å². The third kappa shape index (κ3) is 7.49. The SMILES string of the molecule is [2H]CC(=O)OC[C@H]1OC(OCCN)[C@@H](OC(=O)C[2H])[C@@H](OC(=O)C[2H])[C@@H]1OC(=O)C[2H]. The normalized spacial score (nSPS) is 29.3. The van der Waals surface area contributed by atoms with Gasteiger partial charge in [0.2, 0.25) is 0 Å². The monoisotopic (exact) mass is 395 g/mol. The smallest absolute Gasteiger partial charge is 0.303 e. The van der Waals surface area contributed by atoms with E-state index in [1.54, 1.807) is 0 Å². The molecular formula is C16H25NO10. The van der Waals surface area contributed by atoms with E-state index in [2.05, 4.69) is 0 Å². The molecule has 1 aliphatic rings. The average Bonchev–Trinajstić information content (AvgIpc) is 2.78. The summed E-state index contributed by atoms with van der Waals surface area (Å²) in [5.41, 5.74) is 5.41. The fraction of sp³-hybridized carbons (Fsp3) is 0.750. The van der Waals surface area contributed by atoms with Crippen LogP contribution in [0.3, 0.4) is 0 Å². The first-order valence-electron chi connectivity index (χ1n) is 10.5. The molecule has 0 amide bonds. The van der Waals surface area contributed by atoms with Crippen molar-refractivity contribution in [2.24, 2.45) is 5.73 Å². The fourth-order valence-electron chi connectivity index (χ4n) is 2.36. The second-order valence-electron chi connectivity index (χ2n) is 5.25. The van der Waals surface area contributed by atoms with Gasteiger partial charge >= 0.3 is 23.9 Å². The van der Waals surface area contributed by atoms with Crippen molar-refractivity contribution in [3.8, 4) is 0 Å². The molecule has 0 radical (unpaired) electrons. The number of carbonyl (C=O) groups excluding carboxylic acids is 4. The first kappa shape index (κ1) is 16.9. The van der Waals surface area contributed by atoms with E-state index in [-0.39, 0.29) is 13.2 Å². The third-order valence-electron chi connectivity index (χ3n) is 3.20. The highest BCUT2D eigenvalue weighted by Gasteiger charge is 2.52. The molecule has 11 heteroatoms. The molecule has 2 N–H and O–H groups in total. The van der Waals surface area contributed by atoms with Gasteiger partial charge in [-0.15, -0.1) is 0 Å². The van der Waals surface area contributed by atoms with Gasteiger partial charge in [-0.3, -0.25) is 19.2 Å². The standard InChI is InChI=1S/C16H25NO10/c1-8(18)23-7-12-13(24-9(2)19)14(25-10(3)20)15(26-11(4)21)16(27-12)22-6-5-17/h12-16H,5-7,17H2,1-4H3/t12-,13-,14+,15+,16?/m1/s1/i1D,2D,3D,4D. The Kier molecular flexibility index (Phi) is 6.76. The van der Waals surface area contributed by atoms with Crippen molar-refractivity contribution in [1.82, 2.24) is 0 Å². The van der Waals surface area contributed by atoms with Crippen LogP contribution in [0.4, 0.5) is 0 Å². The first-order chi connectivity index (χ1) is 14.8. The number of ether oxygens (including phenoxy) is 6. The van der Waals surface area contributed by atoms with Gasteiger partial charge in [-0.2, -0.15) is 0 Å². The molecule has 0 aromatic heterocycles. The van der Waals surface area contributed by atoms with Crippen molar-refractivity contribution in [1.29, 1.82) is 0 Å². The summed E-state index contributed by atoms with van der Waals surface area (Å²) in [6, 6.07) is 0. The van der Waals surface area contributed by atoms with E-state index >= 15 is 0 Å². The lowest BCUT2D eigenvalue weighted by atomic mass is 9.98. The zero-order valence-electron chi connectivity index (χ0n) is 18.5. The topological polar surface area (TPSA) is 150 Å². The molecule has 0 spiro atoms. The Hall–Kier alpha value is -2.24. The highest BCUT2D eigenvalue weighted by atomic mass is 16.7. The quantitative estimate of drug-likeness (QED) is 0.400. The summed E-state index contributed by atoms with van der Waals surface area (Å²) in [4.78, 5) is 46.8. The summed E-state index contributed by atoms with van der Waals surface area (Å²) < 4.78 is 59.7. The lowest BCUT2D eigenvalue weighted by Crippen LogP contribution is -2.63. The number of hydrogen-bond donors (Lipinski definition) is 1. The maximum atomic E-state index is 11.8. The van der Waals surface area contributed by atoms with E-state index in [0.717, 1.165) is 0 Å². The summed E-state index contributed by atoms with van der Waals surface area (Å²) in [6.07, 6.45) is -7.34. The van der Waals surface area contributed by atoms with Crippen LogP contribution in [0, 0.1) is 0 Å². The van der Waals surface area contributed by atoms with Crippen molar-refractivity contribution in [3.63, 3.8) is 0 Å². The van der Waals surface area contributed by atoms with E-state index in [4.69, 9.17) is 39.6 Å². The highest BCUT2D eigenvalue weighted by molar-refractivity contribution is 5.68. The minimum atomic E-state index is -1.57. The molecule has 1 aliphatic heterocycles. The molecule has 154 valence electrons. The van der Waals surface area contributed by atoms with Crippen molar-refractivity contribution < 1.29 is 53.1 Å². The Labute approximate surface area is 161 Å². The van der Waals surface area contributed by atoms with Crippen LogP contribution in [0.15, 0.2) is 0 Å². The summed E-state index contributed by atoms with van der Waals surface area (Å²) in [7, 11) is 0. The summed E-state index contributed by atoms with van der Waals surface area (Å²) >= 11 is 0. The largest absolute Gasteiger partial charge is 0.463 e. The molecule has 1 fully saturated rings. The summed E-state index contributed by atoms with van der Waals surface area (Å²) in [6.45, 7) is -3.72. The molecule has 1 heterocycles. The van der Waals surface area contributed by atoms with Crippen LogP contribution >= 0.6 is 0 Å². The predicted molar refractivity (Wildman–Crippen MR) is 87.0 cm³/mol. The predicted octanol–water partition coefficient (Wildman–Crippen LogP) is -0.955. The van der Waals surface area contributed by atoms with Crippen molar-refractivity contribution >= 4 is 23.9 Å². The number of hydrogen-bond acceptors (Lipinski definition) is 11. The summed E-state index contributed by atoms with van der Waals surface area (Å²) in [5.74, 6) is -4.07. The Morgan fingerprint density at radius 3 is 2.00 bits per heavy atom. The average molecular weight is 395 g/mol. The van der Waals surface area contributed by atoms with Gasteiger partial charge in [-0.1, -0.05) is 0 Å². The van der Waals surface area contributed by atoms with Crippen LogP contribution in [-0.2, 0) is 47.6 Å². The minimum absolute atomic E-state index is 0.0336. The van der Waals surface area contributed by atoms with E-state index in [0.29, 0.717) is 0 Å². The highest BCUT2D eigenvalue weighted by Crippen LogP contribution is 2.29. The zero-order valence-corrected chi connectivity index (χ0v) is 14.5. The molecule has 0 aromatic carbocycles. The fourth-order valence-corrected chi connectivity index (χ4v) is 2.36. The lowest BCUT2D eigenvalue weighted by Gasteiger charge is -2.44. The van der Waals surface area contributed by atoms with Gasteiger partial charge in [-0.05, 0) is 0 Å². The molecule has 0 bridgehead atoms. The maximum Gasteiger partial charge on any atom is 0.303 e. The summed E-state index contributed by atoms with van der Waals surface area (Å²) in [5, 5.41) is 0. The second kappa shape index (κ2) is 10.8. The second-order valence-corrected chi connectivity index (χ2v) is 5.25. The Morgan fingerprint density at radius 2 is 1.44 bits per heavy atom. The Balaban J connectivity index is 3.32. The maximum absolute atomic E-state index is 11.8. The molecule has 1 rings (SSSR count). The van der Waals surface area contributed by atoms with E-state index in [1.165, 1.54) is 0 Å². The molecule has 27 heavy (non-hydrogen) atoms. The van der Waals surface area contributed by atoms with Gasteiger partial charge in [0.05, 0.1) is 6.61 Å². The van der Waals surface area contributed by atoms with Crippen LogP contribution < -0.4 is 5.73 Å². The van der Waals surface area contributed by atoms with Crippen molar-refractivity contribution in [3.05, 3.63) is 0 Å². The molecule has 1 saturated heterocycles. The van der Waals surface area contributed by atoms with Crippen LogP contribution in [0.25, 0.3) is 0 Å². The van der Waals surface area contributed by atoms with Crippen LogP contribution in [0.1, 0.15) is 33.1 Å². The first-order valence-corrected chi connectivity index (χ1v) is 7.69. The van der Waals surface area contributed by atoms with E-state index in [9.17, 15) is 19.2 Å². The number of nitrogens with two attached hydrogens (primary N) is 1. The van der Waals surface area contributed by atoms with E-state index in [1.807, 2.05) is 0 Å². The molecule has 5 atom stereocenters. The van der Waals surface area contributed by atoms with Gasteiger partial charge in [0, 0.05) is 39.6 Å². The molecule has 0 saturated carbocycles. The van der Waals surface area contributed by atoms with Crippen molar-refractivity contribution in [2.75, 3.05) is 19.8 Å². The number of rotatable bonds is 8. The molecule has 0 aromatic rings. The van der Waals surface area contributed by atoms with Crippen LogP contribution in [-0.4, -0.2) is 74.3 Å². The van der Waals surface area contributed by atoms with Gasteiger partial charge in [0.1, 0.15) is 12.7 Å². The van der Waals surface area contributed by atoms with Gasteiger partial charge in [0.15, 0.2) is 24.6 Å². The Bertz CT molecular complexity index is 625. The van der Waals surface area contributed by atoms with Crippen LogP contribution in [0.5, 0.6) is 0 Å². The van der Waals surface area contributed by atoms with Gasteiger partial charge in [0.25, 0.3) is 0 Å². The molecule has 1 unspecified atom stereocenters. The van der Waals surface area contributed by atoms with E-state index < -0.39 is 88.8 Å². The minimum Gasteiger partial charge on any atom is -0.463 e. The molecular weight excluding hydrogens is 366 g/mol. The Morgan fingerprint density at radius 1 is 0.889 bits per heavy atom. The number of carbonyl (C=O) groups is 4. The molecule has 0 aliphatic carbocycles. The van der Waals surface area contributed by atoms with Gasteiger partial charge < -0.3 is 34.2 Å². The molecule has 11 nitrogen and oxygen atoms in total. The third-order valence-corrected chi connectivity index (χ3v) is 3.20. The zero-order chi connectivity index (χ0) is 23.4. The lowest BCUT2D eigenvalue weighted by molar-refractivity contribution is -0.307.